The third-order valence-electron chi connectivity index (χ3n) is 3.35. The molecule has 114 valence electrons. The highest BCUT2D eigenvalue weighted by Crippen LogP contribution is 2.21. The van der Waals surface area contributed by atoms with Gasteiger partial charge in [0.1, 0.15) is 0 Å². The van der Waals surface area contributed by atoms with Crippen LogP contribution >= 0.6 is 0 Å². The van der Waals surface area contributed by atoms with Gasteiger partial charge in [-0.3, -0.25) is 4.79 Å². The number of aromatic nitrogens is 2. The number of likely N-dealkylation sites (N-methyl/N-ethyl adjacent to an activating group) is 1. The fraction of sp³-hybridized carbons (Fsp3) is 0.714. The third-order valence-corrected chi connectivity index (χ3v) is 3.35. The van der Waals surface area contributed by atoms with Gasteiger partial charge in [-0.15, -0.1) is 0 Å². The number of nitrogens with zero attached hydrogens (tertiary/aromatic N) is 3. The van der Waals surface area contributed by atoms with E-state index >= 15 is 0 Å². The number of hydrogen-bond acceptors (Lipinski definition) is 4. The van der Waals surface area contributed by atoms with Crippen LogP contribution < -0.4 is 10.1 Å². The first-order valence-corrected chi connectivity index (χ1v) is 6.80. The average molecular weight is 282 g/mol. The molecule has 1 amide bonds. The average Bonchev–Trinajstić information content (AvgIpc) is 2.62. The maximum absolute atomic E-state index is 12.2. The standard InChI is InChI=1S/C14H26N4O2/c1-9(2)12(13(19)17(4)5)15-8-11-10(3)16-18(6)14(11)20-7/h9,12,15H,8H2,1-7H3. The summed E-state index contributed by atoms with van der Waals surface area (Å²) in [5.41, 5.74) is 1.91. The number of carbonyl (C=O) groups is 1. The van der Waals surface area contributed by atoms with Crippen molar-refractivity contribution in [3.63, 3.8) is 0 Å². The van der Waals surface area contributed by atoms with Crippen LogP contribution in [0.1, 0.15) is 25.1 Å². The molecule has 0 aromatic carbocycles. The Bertz CT molecular complexity index is 466. The van der Waals surface area contributed by atoms with Gasteiger partial charge in [-0.05, 0) is 12.8 Å². The fourth-order valence-electron chi connectivity index (χ4n) is 2.24. The van der Waals surface area contributed by atoms with E-state index in [-0.39, 0.29) is 17.9 Å². The molecule has 1 aromatic rings. The van der Waals surface area contributed by atoms with Crippen LogP contribution in [0.25, 0.3) is 0 Å². The summed E-state index contributed by atoms with van der Waals surface area (Å²) in [6.45, 7) is 6.57. The summed E-state index contributed by atoms with van der Waals surface area (Å²) >= 11 is 0. The van der Waals surface area contributed by atoms with Gasteiger partial charge in [0.05, 0.1) is 24.4 Å². The molecule has 0 radical (unpaired) electrons. The molecule has 20 heavy (non-hydrogen) atoms. The van der Waals surface area contributed by atoms with Crippen molar-refractivity contribution in [2.75, 3.05) is 21.2 Å². The van der Waals surface area contributed by atoms with Crippen molar-refractivity contribution in [2.45, 2.75) is 33.4 Å². The summed E-state index contributed by atoms with van der Waals surface area (Å²) in [6, 6.07) is -0.214. The molecule has 0 fully saturated rings. The summed E-state index contributed by atoms with van der Waals surface area (Å²) in [4.78, 5) is 13.8. The van der Waals surface area contributed by atoms with Crippen LogP contribution in [0.5, 0.6) is 5.88 Å². The van der Waals surface area contributed by atoms with Gasteiger partial charge in [0, 0.05) is 27.7 Å². The van der Waals surface area contributed by atoms with E-state index in [0.717, 1.165) is 17.1 Å². The zero-order valence-electron chi connectivity index (χ0n) is 13.5. The second kappa shape index (κ2) is 6.74. The Balaban J connectivity index is 2.86. The first kappa shape index (κ1) is 16.5. The fourth-order valence-corrected chi connectivity index (χ4v) is 2.24. The quantitative estimate of drug-likeness (QED) is 0.843. The lowest BCUT2D eigenvalue weighted by Crippen LogP contribution is -2.46. The van der Waals surface area contributed by atoms with Crippen molar-refractivity contribution in [2.24, 2.45) is 13.0 Å². The van der Waals surface area contributed by atoms with Crippen LogP contribution in [-0.4, -0.2) is 47.8 Å². The molecular formula is C14H26N4O2. The second-order valence-electron chi connectivity index (χ2n) is 5.53. The number of hydrogen-bond donors (Lipinski definition) is 1. The van der Waals surface area contributed by atoms with Gasteiger partial charge < -0.3 is 15.0 Å². The molecule has 1 N–H and O–H groups in total. The van der Waals surface area contributed by atoms with E-state index < -0.39 is 0 Å². The molecule has 1 rings (SSSR count). The van der Waals surface area contributed by atoms with Crippen LogP contribution in [-0.2, 0) is 18.4 Å². The molecule has 0 bridgehead atoms. The maximum Gasteiger partial charge on any atom is 0.239 e. The largest absolute Gasteiger partial charge is 0.481 e. The Morgan fingerprint density at radius 3 is 2.50 bits per heavy atom. The summed E-state index contributed by atoms with van der Waals surface area (Å²) < 4.78 is 7.08. The first-order valence-electron chi connectivity index (χ1n) is 6.80. The molecule has 0 saturated heterocycles. The van der Waals surface area contributed by atoms with E-state index in [1.807, 2.05) is 27.8 Å². The van der Waals surface area contributed by atoms with E-state index in [0.29, 0.717) is 6.54 Å². The number of ether oxygens (including phenoxy) is 1. The monoisotopic (exact) mass is 282 g/mol. The molecule has 6 nitrogen and oxygen atoms in total. The van der Waals surface area contributed by atoms with Crippen LogP contribution in [0.3, 0.4) is 0 Å². The Hall–Kier alpha value is -1.56. The van der Waals surface area contributed by atoms with Crippen LogP contribution in [0.2, 0.25) is 0 Å². The van der Waals surface area contributed by atoms with Crippen LogP contribution in [0.4, 0.5) is 0 Å². The second-order valence-corrected chi connectivity index (χ2v) is 5.53. The third kappa shape index (κ3) is 3.50. The summed E-state index contributed by atoms with van der Waals surface area (Å²) in [5.74, 6) is 1.03. The Kier molecular flexibility index (Phi) is 5.56. The Morgan fingerprint density at radius 2 is 2.05 bits per heavy atom. The smallest absolute Gasteiger partial charge is 0.239 e. The molecule has 1 aromatic heterocycles. The minimum absolute atomic E-state index is 0.0838. The van der Waals surface area contributed by atoms with Gasteiger partial charge in [-0.1, -0.05) is 13.8 Å². The molecule has 1 heterocycles. The SMILES string of the molecule is COc1c(CNC(C(=O)N(C)C)C(C)C)c(C)nn1C. The van der Waals surface area contributed by atoms with E-state index in [9.17, 15) is 4.79 Å². The van der Waals surface area contributed by atoms with Gasteiger partial charge in [-0.2, -0.15) is 5.10 Å². The zero-order chi connectivity index (χ0) is 15.4. The number of carbonyl (C=O) groups excluding carboxylic acids is 1. The molecule has 0 spiro atoms. The highest BCUT2D eigenvalue weighted by molar-refractivity contribution is 5.81. The normalized spacial score (nSPS) is 12.6. The van der Waals surface area contributed by atoms with Crippen molar-refractivity contribution in [1.82, 2.24) is 20.0 Å². The van der Waals surface area contributed by atoms with Gasteiger partial charge >= 0.3 is 0 Å². The molecule has 0 aliphatic rings. The highest BCUT2D eigenvalue weighted by atomic mass is 16.5. The van der Waals surface area contributed by atoms with Crippen molar-refractivity contribution in [1.29, 1.82) is 0 Å². The van der Waals surface area contributed by atoms with Gasteiger partial charge in [0.2, 0.25) is 11.8 Å². The lowest BCUT2D eigenvalue weighted by molar-refractivity contribution is -0.132. The number of nitrogens with one attached hydrogen (secondary N) is 1. The van der Waals surface area contributed by atoms with Crippen LogP contribution in [0, 0.1) is 12.8 Å². The molecular weight excluding hydrogens is 256 g/mol. The van der Waals surface area contributed by atoms with E-state index in [1.54, 1.807) is 30.8 Å². The predicted octanol–water partition coefficient (Wildman–Crippen LogP) is 0.940. The molecule has 1 unspecified atom stereocenters. The van der Waals surface area contributed by atoms with Crippen molar-refractivity contribution < 1.29 is 9.53 Å². The number of rotatable bonds is 6. The zero-order valence-corrected chi connectivity index (χ0v) is 13.5. The number of methoxy groups -OCH3 is 1. The Morgan fingerprint density at radius 1 is 1.45 bits per heavy atom. The molecule has 0 aliphatic carbocycles. The highest BCUT2D eigenvalue weighted by Gasteiger charge is 2.24. The molecule has 6 heteroatoms. The van der Waals surface area contributed by atoms with Crippen molar-refractivity contribution >= 4 is 5.91 Å². The minimum Gasteiger partial charge on any atom is -0.481 e. The first-order chi connectivity index (χ1) is 9.29. The van der Waals surface area contributed by atoms with Crippen molar-refractivity contribution in [3.8, 4) is 5.88 Å². The van der Waals surface area contributed by atoms with Crippen molar-refractivity contribution in [3.05, 3.63) is 11.3 Å². The minimum atomic E-state index is -0.214. The molecule has 1 atom stereocenters. The van der Waals surface area contributed by atoms with Gasteiger partial charge in [0.25, 0.3) is 0 Å². The Labute approximate surface area is 121 Å². The summed E-state index contributed by atoms with van der Waals surface area (Å²) in [7, 11) is 7.02. The van der Waals surface area contributed by atoms with Crippen LogP contribution in [0.15, 0.2) is 0 Å². The lowest BCUT2D eigenvalue weighted by Gasteiger charge is -2.24. The lowest BCUT2D eigenvalue weighted by atomic mass is 10.0. The molecule has 0 saturated carbocycles. The topological polar surface area (TPSA) is 59.4 Å². The maximum atomic E-state index is 12.2. The van der Waals surface area contributed by atoms with Gasteiger partial charge in [-0.25, -0.2) is 4.68 Å². The van der Waals surface area contributed by atoms with Gasteiger partial charge in [0.15, 0.2) is 0 Å². The van der Waals surface area contributed by atoms with E-state index in [2.05, 4.69) is 10.4 Å². The predicted molar refractivity (Wildman–Crippen MR) is 78.7 cm³/mol. The summed E-state index contributed by atoms with van der Waals surface area (Å²) in [6.07, 6.45) is 0. The van der Waals surface area contributed by atoms with E-state index in [4.69, 9.17) is 4.74 Å². The molecule has 0 aliphatic heterocycles. The van der Waals surface area contributed by atoms with E-state index in [1.165, 1.54) is 0 Å². The number of aryl methyl sites for hydroxylation is 2. The summed E-state index contributed by atoms with van der Waals surface area (Å²) in [5, 5.41) is 7.66. The number of amides is 1.